The van der Waals surface area contributed by atoms with E-state index in [-0.39, 0.29) is 5.91 Å². The highest BCUT2D eigenvalue weighted by molar-refractivity contribution is 8.13. The number of hydrogen-bond acceptors (Lipinski definition) is 6. The van der Waals surface area contributed by atoms with Crippen LogP contribution in [-0.2, 0) is 4.79 Å². The molecule has 2 aliphatic rings. The van der Waals surface area contributed by atoms with Crippen LogP contribution in [0.2, 0.25) is 5.02 Å². The summed E-state index contributed by atoms with van der Waals surface area (Å²) in [6.07, 6.45) is 0.398. The topological polar surface area (TPSA) is 70.2 Å². The molecule has 3 heterocycles. The molecule has 0 spiro atoms. The first-order valence-corrected chi connectivity index (χ1v) is 11.4. The van der Waals surface area contributed by atoms with Gasteiger partial charge in [0.05, 0.1) is 5.36 Å². The predicted molar refractivity (Wildman–Crippen MR) is 123 cm³/mol. The number of carbonyl (C=O) groups is 1. The van der Waals surface area contributed by atoms with Crippen LogP contribution in [0, 0.1) is 0 Å². The van der Waals surface area contributed by atoms with Crippen LogP contribution in [0.25, 0.3) is 17.0 Å². The van der Waals surface area contributed by atoms with Crippen molar-refractivity contribution in [3.63, 3.8) is 0 Å². The molecule has 0 unspecified atom stereocenters. The number of nitrogens with zero attached hydrogens (tertiary/aromatic N) is 3. The van der Waals surface area contributed by atoms with Gasteiger partial charge in [0, 0.05) is 21.6 Å². The molecule has 1 aromatic heterocycles. The van der Waals surface area contributed by atoms with Crippen molar-refractivity contribution < 1.29 is 9.21 Å². The molecule has 6 nitrogen and oxygen atoms in total. The predicted octanol–water partition coefficient (Wildman–Crippen LogP) is 3.89. The van der Waals surface area contributed by atoms with Crippen LogP contribution in [-0.4, -0.2) is 21.8 Å². The van der Waals surface area contributed by atoms with E-state index in [2.05, 4.69) is 12.2 Å². The van der Waals surface area contributed by atoms with Gasteiger partial charge in [-0.15, -0.1) is 5.10 Å². The van der Waals surface area contributed by atoms with E-state index in [4.69, 9.17) is 26.1 Å². The lowest BCUT2D eigenvalue weighted by atomic mass is 10.1. The van der Waals surface area contributed by atoms with Crippen molar-refractivity contribution in [2.75, 3.05) is 5.75 Å². The second-order valence-corrected chi connectivity index (χ2v) is 8.65. The van der Waals surface area contributed by atoms with Gasteiger partial charge in [-0.1, -0.05) is 60.6 Å². The third-order valence-electron chi connectivity index (χ3n) is 4.95. The Hall–Kier alpha value is -3.03. The quantitative estimate of drug-likeness (QED) is 0.654. The van der Waals surface area contributed by atoms with Gasteiger partial charge in [0.25, 0.3) is 5.91 Å². The van der Waals surface area contributed by atoms with Crippen LogP contribution >= 0.6 is 23.4 Å². The van der Waals surface area contributed by atoms with Crippen LogP contribution in [0.3, 0.4) is 0 Å². The zero-order valence-corrected chi connectivity index (χ0v) is 18.3. The van der Waals surface area contributed by atoms with Gasteiger partial charge in [0.2, 0.25) is 6.17 Å². The maximum atomic E-state index is 13.0. The molecule has 0 radical (unpaired) electrons. The van der Waals surface area contributed by atoms with E-state index < -0.39 is 6.17 Å². The summed E-state index contributed by atoms with van der Waals surface area (Å²) in [5, 5.41) is 12.0. The summed E-state index contributed by atoms with van der Waals surface area (Å²) in [5.41, 5.74) is 1.34. The summed E-state index contributed by atoms with van der Waals surface area (Å²) in [5.74, 6) is 1.95. The van der Waals surface area contributed by atoms with Gasteiger partial charge >= 0.3 is 0 Å². The van der Waals surface area contributed by atoms with Gasteiger partial charge in [-0.25, -0.2) is 10.0 Å². The third kappa shape index (κ3) is 3.75. The Labute approximate surface area is 188 Å². The largest absolute Gasteiger partial charge is 0.457 e. The molecular weight excluding hydrogens is 432 g/mol. The minimum atomic E-state index is -0.582. The molecular formula is C23H19ClN4O2S. The van der Waals surface area contributed by atoms with Crippen molar-refractivity contribution in [2.45, 2.75) is 19.5 Å². The summed E-state index contributed by atoms with van der Waals surface area (Å²) >= 11 is 7.65. The molecule has 1 N–H and O–H groups in total. The van der Waals surface area contributed by atoms with Crippen molar-refractivity contribution in [2.24, 2.45) is 10.1 Å². The lowest BCUT2D eigenvalue weighted by Gasteiger charge is -2.32. The Bertz CT molecular complexity index is 1320. The van der Waals surface area contributed by atoms with Gasteiger partial charge in [-0.05, 0) is 36.8 Å². The van der Waals surface area contributed by atoms with Crippen LogP contribution in [0.5, 0.6) is 0 Å². The third-order valence-corrected chi connectivity index (χ3v) is 6.25. The van der Waals surface area contributed by atoms with Gasteiger partial charge in [0.15, 0.2) is 10.9 Å². The number of amidine groups is 1. The van der Waals surface area contributed by atoms with E-state index in [0.29, 0.717) is 27.4 Å². The molecule has 1 atom stereocenters. The Morgan fingerprint density at radius 3 is 2.87 bits per heavy atom. The summed E-state index contributed by atoms with van der Waals surface area (Å²) in [6.45, 7) is 2.09. The van der Waals surface area contributed by atoms with Crippen LogP contribution in [0.4, 0.5) is 0 Å². The molecule has 8 heteroatoms. The number of hydrogen-bond donors (Lipinski definition) is 1. The maximum absolute atomic E-state index is 13.0. The van der Waals surface area contributed by atoms with E-state index in [1.165, 1.54) is 11.8 Å². The fourth-order valence-corrected chi connectivity index (χ4v) is 4.46. The number of halogens is 1. The molecule has 0 aliphatic carbocycles. The summed E-state index contributed by atoms with van der Waals surface area (Å²) in [4.78, 5) is 17.9. The fourth-order valence-electron chi connectivity index (χ4n) is 3.57. The number of fused-ring (bicyclic) bond motifs is 2. The fraction of sp³-hybridized carbons (Fsp3) is 0.174. The molecule has 1 amide bonds. The average molecular weight is 451 g/mol. The number of benzene rings is 2. The maximum Gasteiger partial charge on any atom is 0.276 e. The van der Waals surface area contributed by atoms with Crippen molar-refractivity contribution in [1.29, 1.82) is 0 Å². The normalized spacial score (nSPS) is 17.4. The highest BCUT2D eigenvalue weighted by Gasteiger charge is 2.35. The molecule has 0 bridgehead atoms. The average Bonchev–Trinajstić information content (AvgIpc) is 3.27. The van der Waals surface area contributed by atoms with E-state index in [1.807, 2.05) is 60.7 Å². The van der Waals surface area contributed by atoms with Crippen molar-refractivity contribution in [1.82, 2.24) is 10.3 Å². The van der Waals surface area contributed by atoms with Gasteiger partial charge in [0.1, 0.15) is 11.5 Å². The van der Waals surface area contributed by atoms with Crippen molar-refractivity contribution in [3.05, 3.63) is 82.0 Å². The van der Waals surface area contributed by atoms with E-state index in [0.717, 1.165) is 28.3 Å². The van der Waals surface area contributed by atoms with E-state index in [1.54, 1.807) is 5.01 Å². The first kappa shape index (κ1) is 19.9. The number of amides is 1. The number of carbonyl (C=O) groups excluding carboxylic acids is 1. The molecule has 3 aromatic rings. The van der Waals surface area contributed by atoms with Gasteiger partial charge in [-0.3, -0.25) is 10.1 Å². The number of nitrogens with one attached hydrogen (secondary N) is 1. The van der Waals surface area contributed by atoms with Crippen molar-refractivity contribution in [3.8, 4) is 11.3 Å². The smallest absolute Gasteiger partial charge is 0.276 e. The van der Waals surface area contributed by atoms with Crippen LogP contribution < -0.4 is 15.9 Å². The second kappa shape index (κ2) is 8.24. The molecule has 156 valence electrons. The SMILES string of the molecule is CCCSC1=NN2C(=c3ccccc3=N[C@H]2c2ccc(-c3cccc(Cl)c3)o2)C(=O)N1. The first-order chi connectivity index (χ1) is 15.1. The Morgan fingerprint density at radius 2 is 2.03 bits per heavy atom. The molecule has 0 fully saturated rings. The first-order valence-electron chi connectivity index (χ1n) is 9.99. The minimum Gasteiger partial charge on any atom is -0.457 e. The van der Waals surface area contributed by atoms with E-state index in [9.17, 15) is 4.79 Å². The lowest BCUT2D eigenvalue weighted by molar-refractivity contribution is -0.116. The lowest BCUT2D eigenvalue weighted by Crippen LogP contribution is -2.50. The number of thioether (sulfide) groups is 1. The minimum absolute atomic E-state index is 0.192. The number of para-hydroxylation sites is 1. The highest BCUT2D eigenvalue weighted by atomic mass is 35.5. The summed E-state index contributed by atoms with van der Waals surface area (Å²) < 4.78 is 6.16. The van der Waals surface area contributed by atoms with Gasteiger partial charge in [-0.2, -0.15) is 0 Å². The molecule has 0 saturated carbocycles. The van der Waals surface area contributed by atoms with E-state index >= 15 is 0 Å². The standard InChI is InChI=1S/C23H19ClN4O2S/c1-2-12-31-23-26-22(29)20-16-8-3-4-9-17(16)25-21(28(20)27-23)19-11-10-18(30-19)14-6-5-7-15(24)13-14/h3-11,13,21H,2,12H2,1H3,(H,26,27,29)/t21-/m1/s1. The summed E-state index contributed by atoms with van der Waals surface area (Å²) in [7, 11) is 0. The molecule has 31 heavy (non-hydrogen) atoms. The number of hydrazone groups is 1. The molecule has 2 aromatic carbocycles. The Balaban J connectivity index is 1.62. The monoisotopic (exact) mass is 450 g/mol. The Morgan fingerprint density at radius 1 is 1.16 bits per heavy atom. The molecule has 5 rings (SSSR count). The van der Waals surface area contributed by atoms with Gasteiger partial charge < -0.3 is 4.42 Å². The van der Waals surface area contributed by atoms with Crippen LogP contribution in [0.15, 0.2) is 75.2 Å². The zero-order chi connectivity index (χ0) is 21.4. The van der Waals surface area contributed by atoms with Crippen LogP contribution in [0.1, 0.15) is 25.3 Å². The molecule has 2 aliphatic heterocycles. The number of rotatable bonds is 4. The van der Waals surface area contributed by atoms with Crippen molar-refractivity contribution >= 4 is 40.1 Å². The Kier molecular flexibility index (Phi) is 5.29. The summed E-state index contributed by atoms with van der Waals surface area (Å²) in [6, 6.07) is 18.8. The molecule has 0 saturated heterocycles. The number of furan rings is 1. The second-order valence-electron chi connectivity index (χ2n) is 7.13. The highest BCUT2D eigenvalue weighted by Crippen LogP contribution is 2.34. The zero-order valence-electron chi connectivity index (χ0n) is 16.7.